The lowest BCUT2D eigenvalue weighted by Crippen LogP contribution is -2.41. The third-order valence-corrected chi connectivity index (χ3v) is 7.32. The minimum absolute atomic E-state index is 0.0874. The molecule has 1 atom stereocenters. The number of fused-ring (bicyclic) bond motifs is 1. The lowest BCUT2D eigenvalue weighted by atomic mass is 10.2. The van der Waals surface area contributed by atoms with Crippen LogP contribution in [0.25, 0.3) is 11.2 Å². The van der Waals surface area contributed by atoms with Crippen LogP contribution in [0, 0.1) is 0 Å². The monoisotopic (exact) mass is 597 g/mol. The van der Waals surface area contributed by atoms with Gasteiger partial charge in [0, 0.05) is 25.2 Å². The molecule has 0 saturated carbocycles. The summed E-state index contributed by atoms with van der Waals surface area (Å²) in [4.78, 5) is 31.5. The van der Waals surface area contributed by atoms with Crippen LogP contribution in [0.15, 0.2) is 58.1 Å². The van der Waals surface area contributed by atoms with Crippen molar-refractivity contribution in [2.45, 2.75) is 45.2 Å². The van der Waals surface area contributed by atoms with Gasteiger partial charge in [0.2, 0.25) is 0 Å². The van der Waals surface area contributed by atoms with E-state index in [1.54, 1.807) is 23.7 Å². The van der Waals surface area contributed by atoms with Crippen molar-refractivity contribution in [3.05, 3.63) is 85.5 Å². The molecule has 1 unspecified atom stereocenters. The average molecular weight is 598 g/mol. The zero-order valence-corrected chi connectivity index (χ0v) is 24.6. The average Bonchev–Trinajstić information content (AvgIpc) is 3.36. The lowest BCUT2D eigenvalue weighted by molar-refractivity contribution is -0.163. The van der Waals surface area contributed by atoms with E-state index in [-0.39, 0.29) is 56.4 Å². The Morgan fingerprint density at radius 2 is 1.83 bits per heavy atom. The second kappa shape index (κ2) is 14.0. The van der Waals surface area contributed by atoms with Crippen molar-refractivity contribution >= 4 is 22.8 Å². The summed E-state index contributed by atoms with van der Waals surface area (Å²) in [5.41, 5.74) is 1.55. The number of rotatable bonds is 13. The molecule has 1 aliphatic heterocycles. The Balaban J connectivity index is 1.40. The molecule has 12 heteroatoms. The summed E-state index contributed by atoms with van der Waals surface area (Å²) in [6, 6.07) is 15.3. The zero-order valence-electron chi connectivity index (χ0n) is 23.9. The van der Waals surface area contributed by atoms with Crippen LogP contribution < -0.4 is 26.0 Å². The highest BCUT2D eigenvalue weighted by atomic mass is 35.5. The maximum Gasteiger partial charge on any atom is 0.332 e. The van der Waals surface area contributed by atoms with Crippen LogP contribution in [0.5, 0.6) is 11.8 Å². The van der Waals surface area contributed by atoms with E-state index in [9.17, 15) is 9.59 Å². The first-order valence-electron chi connectivity index (χ1n) is 14.1. The maximum atomic E-state index is 13.8. The fraction of sp³-hybridized carbons (Fsp3) is 0.433. The van der Waals surface area contributed by atoms with Crippen LogP contribution >= 0.6 is 11.6 Å². The molecule has 11 nitrogen and oxygen atoms in total. The van der Waals surface area contributed by atoms with Gasteiger partial charge in [-0.1, -0.05) is 35.9 Å². The fourth-order valence-corrected chi connectivity index (χ4v) is 5.06. The number of halogens is 1. The minimum Gasteiger partial charge on any atom is -0.490 e. The Morgan fingerprint density at radius 1 is 1.02 bits per heavy atom. The van der Waals surface area contributed by atoms with E-state index in [0.717, 1.165) is 42.7 Å². The molecule has 1 saturated heterocycles. The van der Waals surface area contributed by atoms with E-state index in [1.165, 1.54) is 9.13 Å². The molecule has 2 aromatic heterocycles. The molecule has 42 heavy (non-hydrogen) atoms. The van der Waals surface area contributed by atoms with Gasteiger partial charge in [-0.25, -0.2) is 4.79 Å². The van der Waals surface area contributed by atoms with Crippen LogP contribution in [0.4, 0.5) is 0 Å². The maximum absolute atomic E-state index is 13.8. The van der Waals surface area contributed by atoms with Gasteiger partial charge in [-0.3, -0.25) is 18.5 Å². The standard InChI is InChI=1S/C30H36ClN5O6/c1-32-19-22-6-5-7-24(18-22)39-16-17-42-29-33-27-26(36(29)20-21-9-11-23(31)12-10-21)28(37)35(30(38)34(27)2)13-15-41-25-8-3-4-14-40-25/h5-7,9-12,18,25,32H,3-4,8,13-17,19-20H2,1-2H3. The molecule has 3 heterocycles. The molecular formula is C30H36ClN5O6. The Hall–Kier alpha value is -3.64. The Kier molecular flexibility index (Phi) is 9.96. The van der Waals surface area contributed by atoms with Gasteiger partial charge in [0.25, 0.3) is 11.6 Å². The molecule has 0 amide bonds. The lowest BCUT2D eigenvalue weighted by Gasteiger charge is -2.22. The van der Waals surface area contributed by atoms with Crippen LogP contribution in [-0.2, 0) is 36.2 Å². The third kappa shape index (κ3) is 7.04. The number of nitrogens with zero attached hydrogens (tertiary/aromatic N) is 4. The first-order valence-corrected chi connectivity index (χ1v) is 14.5. The highest BCUT2D eigenvalue weighted by molar-refractivity contribution is 6.30. The molecule has 0 bridgehead atoms. The number of aryl methyl sites for hydroxylation is 1. The fourth-order valence-electron chi connectivity index (χ4n) is 4.94. The molecule has 1 aliphatic rings. The van der Waals surface area contributed by atoms with Gasteiger partial charge in [-0.15, -0.1) is 0 Å². The topological polar surface area (TPSA) is 111 Å². The molecule has 0 radical (unpaired) electrons. The van der Waals surface area contributed by atoms with Crippen LogP contribution in [0.2, 0.25) is 5.02 Å². The summed E-state index contributed by atoms with van der Waals surface area (Å²) >= 11 is 6.10. The highest BCUT2D eigenvalue weighted by Crippen LogP contribution is 2.21. The zero-order chi connectivity index (χ0) is 29.5. The van der Waals surface area contributed by atoms with Gasteiger partial charge in [0.1, 0.15) is 19.0 Å². The summed E-state index contributed by atoms with van der Waals surface area (Å²) in [5.74, 6) is 0.729. The van der Waals surface area contributed by atoms with E-state index in [2.05, 4.69) is 10.3 Å². The molecule has 0 aliphatic carbocycles. The quantitative estimate of drug-likeness (QED) is 0.234. The van der Waals surface area contributed by atoms with Gasteiger partial charge in [-0.05, 0) is 61.7 Å². The van der Waals surface area contributed by atoms with Crippen LogP contribution in [0.3, 0.4) is 0 Å². The van der Waals surface area contributed by atoms with Crippen molar-refractivity contribution in [1.82, 2.24) is 24.0 Å². The highest BCUT2D eigenvalue weighted by Gasteiger charge is 2.22. The second-order valence-corrected chi connectivity index (χ2v) is 10.6. The predicted molar refractivity (Wildman–Crippen MR) is 160 cm³/mol. The smallest absolute Gasteiger partial charge is 0.332 e. The number of ether oxygens (including phenoxy) is 4. The van der Waals surface area contributed by atoms with E-state index >= 15 is 0 Å². The van der Waals surface area contributed by atoms with Crippen molar-refractivity contribution in [3.8, 4) is 11.8 Å². The van der Waals surface area contributed by atoms with Crippen LogP contribution in [-0.4, -0.2) is 58.5 Å². The number of imidazole rings is 1. The van der Waals surface area contributed by atoms with E-state index in [0.29, 0.717) is 11.6 Å². The largest absolute Gasteiger partial charge is 0.490 e. The molecule has 2 aromatic carbocycles. The predicted octanol–water partition coefficient (Wildman–Crippen LogP) is 3.32. The molecule has 0 spiro atoms. The second-order valence-electron chi connectivity index (χ2n) is 10.1. The summed E-state index contributed by atoms with van der Waals surface area (Å²) < 4.78 is 27.6. The molecule has 1 N–H and O–H groups in total. The summed E-state index contributed by atoms with van der Waals surface area (Å²) in [7, 11) is 3.48. The molecule has 4 aromatic rings. The van der Waals surface area contributed by atoms with Crippen molar-refractivity contribution in [2.75, 3.05) is 33.5 Å². The van der Waals surface area contributed by atoms with Gasteiger partial charge in [0.15, 0.2) is 17.5 Å². The summed E-state index contributed by atoms with van der Waals surface area (Å²) in [6.07, 6.45) is 2.52. The van der Waals surface area contributed by atoms with Crippen molar-refractivity contribution in [3.63, 3.8) is 0 Å². The molecule has 224 valence electrons. The Bertz CT molecular complexity index is 1610. The van der Waals surface area contributed by atoms with Gasteiger partial charge in [0.05, 0.1) is 19.7 Å². The number of benzene rings is 2. The number of hydrogen-bond acceptors (Lipinski definition) is 8. The first kappa shape index (κ1) is 29.8. The summed E-state index contributed by atoms with van der Waals surface area (Å²) in [6.45, 7) is 2.37. The van der Waals surface area contributed by atoms with Crippen molar-refractivity contribution in [2.24, 2.45) is 7.05 Å². The van der Waals surface area contributed by atoms with Gasteiger partial charge >= 0.3 is 5.69 Å². The van der Waals surface area contributed by atoms with Crippen molar-refractivity contribution in [1.29, 1.82) is 0 Å². The van der Waals surface area contributed by atoms with Gasteiger partial charge in [-0.2, -0.15) is 4.98 Å². The van der Waals surface area contributed by atoms with E-state index < -0.39 is 11.2 Å². The molecule has 1 fully saturated rings. The SMILES string of the molecule is CNCc1cccc(OCCOc2nc3c(c(=O)n(CCOC4CCCCO4)c(=O)n3C)n2Cc2ccc(Cl)cc2)c1. The summed E-state index contributed by atoms with van der Waals surface area (Å²) in [5, 5.41) is 3.73. The van der Waals surface area contributed by atoms with E-state index in [4.69, 9.17) is 30.5 Å². The third-order valence-electron chi connectivity index (χ3n) is 7.07. The van der Waals surface area contributed by atoms with Gasteiger partial charge < -0.3 is 24.3 Å². The molecular weight excluding hydrogens is 562 g/mol. The first-order chi connectivity index (χ1) is 20.4. The van der Waals surface area contributed by atoms with E-state index in [1.807, 2.05) is 43.4 Å². The number of nitrogens with one attached hydrogen (secondary N) is 1. The normalized spacial score (nSPS) is 15.3. The minimum atomic E-state index is -0.479. The number of hydrogen-bond donors (Lipinski definition) is 1. The number of aromatic nitrogens is 4. The van der Waals surface area contributed by atoms with Crippen LogP contribution in [0.1, 0.15) is 30.4 Å². The Morgan fingerprint density at radius 3 is 2.60 bits per heavy atom. The Labute approximate surface area is 248 Å². The molecule has 5 rings (SSSR count). The van der Waals surface area contributed by atoms with Crippen molar-refractivity contribution < 1.29 is 18.9 Å².